The van der Waals surface area contributed by atoms with E-state index < -0.39 is 11.9 Å². The minimum Gasteiger partial charge on any atom is -0.495 e. The van der Waals surface area contributed by atoms with E-state index >= 15 is 0 Å². The van der Waals surface area contributed by atoms with Crippen molar-refractivity contribution in [3.05, 3.63) is 71.5 Å². The quantitative estimate of drug-likeness (QED) is 0.618. The van der Waals surface area contributed by atoms with Crippen molar-refractivity contribution in [3.63, 3.8) is 0 Å². The van der Waals surface area contributed by atoms with Gasteiger partial charge in [0, 0.05) is 11.9 Å². The molecule has 3 rings (SSSR count). The topological polar surface area (TPSA) is 102 Å². The standard InChI is InChI=1S/C21H20N4O4/c1-13-7-8-18(28-2)17(11-13)25-21-22-10-9-16(24-21)19(26)23-15-6-4-5-14(12-15)20(27)29-3/h4-12H,1-3H3,(H,23,26)(H,22,24,25). The van der Waals surface area contributed by atoms with Crippen molar-refractivity contribution in [1.82, 2.24) is 9.97 Å². The van der Waals surface area contributed by atoms with Crippen molar-refractivity contribution in [2.45, 2.75) is 6.92 Å². The highest BCUT2D eigenvalue weighted by atomic mass is 16.5. The lowest BCUT2D eigenvalue weighted by Gasteiger charge is -2.11. The van der Waals surface area contributed by atoms with Crippen molar-refractivity contribution >= 4 is 29.2 Å². The summed E-state index contributed by atoms with van der Waals surface area (Å²) >= 11 is 0. The second-order valence-electron chi connectivity index (χ2n) is 6.12. The molecule has 0 aliphatic rings. The first-order valence-corrected chi connectivity index (χ1v) is 8.74. The Balaban J connectivity index is 1.78. The van der Waals surface area contributed by atoms with Crippen LogP contribution in [-0.4, -0.2) is 36.1 Å². The van der Waals surface area contributed by atoms with Crippen LogP contribution in [-0.2, 0) is 4.74 Å². The van der Waals surface area contributed by atoms with Crippen LogP contribution in [0.25, 0.3) is 0 Å². The van der Waals surface area contributed by atoms with Gasteiger partial charge in [0.25, 0.3) is 5.91 Å². The summed E-state index contributed by atoms with van der Waals surface area (Å²) in [6.45, 7) is 1.96. The van der Waals surface area contributed by atoms with Crippen LogP contribution < -0.4 is 15.4 Å². The lowest BCUT2D eigenvalue weighted by atomic mass is 10.2. The molecule has 1 aromatic heterocycles. The van der Waals surface area contributed by atoms with E-state index in [1.54, 1.807) is 25.3 Å². The largest absolute Gasteiger partial charge is 0.495 e. The number of amides is 1. The van der Waals surface area contributed by atoms with Gasteiger partial charge >= 0.3 is 5.97 Å². The molecule has 0 aliphatic heterocycles. The highest BCUT2D eigenvalue weighted by Gasteiger charge is 2.12. The Bertz CT molecular complexity index is 1050. The summed E-state index contributed by atoms with van der Waals surface area (Å²) in [6.07, 6.45) is 1.48. The Morgan fingerprint density at radius 1 is 1.03 bits per heavy atom. The monoisotopic (exact) mass is 392 g/mol. The fraction of sp³-hybridized carbons (Fsp3) is 0.143. The highest BCUT2D eigenvalue weighted by molar-refractivity contribution is 6.03. The van der Waals surface area contributed by atoms with E-state index in [0.717, 1.165) is 5.56 Å². The van der Waals surface area contributed by atoms with Gasteiger partial charge in [0.05, 0.1) is 25.5 Å². The van der Waals surface area contributed by atoms with Crippen LogP contribution in [0.1, 0.15) is 26.4 Å². The predicted octanol–water partition coefficient (Wildman–Crippen LogP) is 3.58. The minimum atomic E-state index is -0.485. The Labute approximate surface area is 167 Å². The van der Waals surface area contributed by atoms with Crippen molar-refractivity contribution in [1.29, 1.82) is 0 Å². The molecule has 2 aromatic carbocycles. The van der Waals surface area contributed by atoms with Gasteiger partial charge in [0.15, 0.2) is 0 Å². The van der Waals surface area contributed by atoms with Crippen LogP contribution in [0, 0.1) is 6.92 Å². The molecule has 8 heteroatoms. The third kappa shape index (κ3) is 4.86. The molecule has 148 valence electrons. The fourth-order valence-corrected chi connectivity index (χ4v) is 2.62. The normalized spacial score (nSPS) is 10.2. The maximum absolute atomic E-state index is 12.6. The summed E-state index contributed by atoms with van der Waals surface area (Å²) < 4.78 is 10.0. The fourth-order valence-electron chi connectivity index (χ4n) is 2.62. The second kappa shape index (κ2) is 8.83. The van der Waals surface area contributed by atoms with E-state index in [1.165, 1.54) is 25.4 Å². The molecule has 0 saturated carbocycles. The SMILES string of the molecule is COC(=O)c1cccc(NC(=O)c2ccnc(Nc3cc(C)ccc3OC)n2)c1. The summed E-state index contributed by atoms with van der Waals surface area (Å²) in [5.41, 5.74) is 2.68. The third-order valence-corrected chi connectivity index (χ3v) is 4.03. The van der Waals surface area contributed by atoms with E-state index in [4.69, 9.17) is 4.74 Å². The molecule has 0 saturated heterocycles. The van der Waals surface area contributed by atoms with Gasteiger partial charge < -0.3 is 20.1 Å². The van der Waals surface area contributed by atoms with Gasteiger partial charge in [-0.15, -0.1) is 0 Å². The zero-order valence-corrected chi connectivity index (χ0v) is 16.2. The number of nitrogens with zero attached hydrogens (tertiary/aromatic N) is 2. The van der Waals surface area contributed by atoms with E-state index in [-0.39, 0.29) is 11.6 Å². The molecule has 29 heavy (non-hydrogen) atoms. The number of aromatic nitrogens is 2. The Hall–Kier alpha value is -3.94. The number of benzene rings is 2. The average molecular weight is 392 g/mol. The number of nitrogens with one attached hydrogen (secondary N) is 2. The minimum absolute atomic E-state index is 0.164. The van der Waals surface area contributed by atoms with E-state index in [0.29, 0.717) is 22.7 Å². The number of rotatable bonds is 6. The summed E-state index contributed by atoms with van der Waals surface area (Å²) in [4.78, 5) is 32.6. The van der Waals surface area contributed by atoms with Crippen LogP contribution in [0.3, 0.4) is 0 Å². The van der Waals surface area contributed by atoms with Crippen LogP contribution in [0.5, 0.6) is 5.75 Å². The number of hydrogen-bond donors (Lipinski definition) is 2. The third-order valence-electron chi connectivity index (χ3n) is 4.03. The van der Waals surface area contributed by atoms with E-state index in [1.807, 2.05) is 25.1 Å². The molecule has 3 aromatic rings. The van der Waals surface area contributed by atoms with Gasteiger partial charge in [-0.25, -0.2) is 14.8 Å². The average Bonchev–Trinajstić information content (AvgIpc) is 2.73. The first-order chi connectivity index (χ1) is 14.0. The molecule has 0 fully saturated rings. The summed E-state index contributed by atoms with van der Waals surface area (Å²) in [7, 11) is 2.87. The molecule has 0 aliphatic carbocycles. The predicted molar refractivity (Wildman–Crippen MR) is 109 cm³/mol. The summed E-state index contributed by atoms with van der Waals surface area (Å²) in [5.74, 6) is -0.0334. The van der Waals surface area contributed by atoms with Crippen molar-refractivity contribution in [2.24, 2.45) is 0 Å². The van der Waals surface area contributed by atoms with Gasteiger partial charge in [-0.3, -0.25) is 4.79 Å². The number of aryl methyl sites for hydroxylation is 1. The molecular weight excluding hydrogens is 372 g/mol. The smallest absolute Gasteiger partial charge is 0.337 e. The molecule has 2 N–H and O–H groups in total. The van der Waals surface area contributed by atoms with Crippen molar-refractivity contribution in [3.8, 4) is 5.75 Å². The van der Waals surface area contributed by atoms with Gasteiger partial charge in [0.1, 0.15) is 11.4 Å². The molecular formula is C21H20N4O4. The lowest BCUT2D eigenvalue weighted by Crippen LogP contribution is -2.15. The number of ether oxygens (including phenoxy) is 2. The first-order valence-electron chi connectivity index (χ1n) is 8.74. The van der Waals surface area contributed by atoms with Crippen LogP contribution in [0.4, 0.5) is 17.3 Å². The second-order valence-corrected chi connectivity index (χ2v) is 6.12. The number of methoxy groups -OCH3 is 2. The number of carbonyl (C=O) groups is 2. The van der Waals surface area contributed by atoms with Gasteiger partial charge in [-0.05, 0) is 48.9 Å². The van der Waals surface area contributed by atoms with Crippen LogP contribution in [0.15, 0.2) is 54.7 Å². The van der Waals surface area contributed by atoms with Crippen molar-refractivity contribution in [2.75, 3.05) is 24.9 Å². The van der Waals surface area contributed by atoms with Crippen LogP contribution >= 0.6 is 0 Å². The first kappa shape index (κ1) is 19.8. The van der Waals surface area contributed by atoms with E-state index in [9.17, 15) is 9.59 Å². The summed E-state index contributed by atoms with van der Waals surface area (Å²) in [6, 6.07) is 13.6. The number of esters is 1. The lowest BCUT2D eigenvalue weighted by molar-refractivity contribution is 0.0600. The van der Waals surface area contributed by atoms with Gasteiger partial charge in [-0.1, -0.05) is 12.1 Å². The molecule has 1 heterocycles. The summed E-state index contributed by atoms with van der Waals surface area (Å²) in [5, 5.41) is 5.78. The van der Waals surface area contributed by atoms with E-state index in [2.05, 4.69) is 25.3 Å². The van der Waals surface area contributed by atoms with Gasteiger partial charge in [-0.2, -0.15) is 0 Å². The van der Waals surface area contributed by atoms with Gasteiger partial charge in [0.2, 0.25) is 5.95 Å². The maximum atomic E-state index is 12.6. The molecule has 0 bridgehead atoms. The zero-order valence-electron chi connectivity index (χ0n) is 16.2. The Morgan fingerprint density at radius 2 is 1.86 bits per heavy atom. The molecule has 0 radical (unpaired) electrons. The number of hydrogen-bond acceptors (Lipinski definition) is 7. The van der Waals surface area contributed by atoms with Crippen molar-refractivity contribution < 1.29 is 19.1 Å². The maximum Gasteiger partial charge on any atom is 0.337 e. The Kier molecular flexibility index (Phi) is 6.03. The number of carbonyl (C=O) groups excluding carboxylic acids is 2. The highest BCUT2D eigenvalue weighted by Crippen LogP contribution is 2.27. The van der Waals surface area contributed by atoms with Crippen LogP contribution in [0.2, 0.25) is 0 Å². The molecule has 1 amide bonds. The molecule has 8 nitrogen and oxygen atoms in total. The molecule has 0 atom stereocenters. The number of anilines is 3. The zero-order chi connectivity index (χ0) is 20.8. The molecule has 0 unspecified atom stereocenters. The molecule has 0 spiro atoms. The Morgan fingerprint density at radius 3 is 2.62 bits per heavy atom.